The summed E-state index contributed by atoms with van der Waals surface area (Å²) in [5.41, 5.74) is 1.08. The van der Waals surface area contributed by atoms with E-state index in [1.165, 1.54) is 0 Å². The van der Waals surface area contributed by atoms with Crippen molar-refractivity contribution in [2.24, 2.45) is 5.92 Å². The summed E-state index contributed by atoms with van der Waals surface area (Å²) < 4.78 is 5.49. The topological polar surface area (TPSA) is 46.5 Å². The summed E-state index contributed by atoms with van der Waals surface area (Å²) in [4.78, 5) is 11.1. The largest absolute Gasteiger partial charge is 0.481 e. The number of carbonyl (C=O) groups is 1. The SMILES string of the molecule is CCCCC[C@H](COCc1ccccc1)C(=O)O. The summed E-state index contributed by atoms with van der Waals surface area (Å²) in [6.07, 6.45) is 3.86. The van der Waals surface area contributed by atoms with E-state index < -0.39 is 5.97 Å². The van der Waals surface area contributed by atoms with Gasteiger partial charge in [0.15, 0.2) is 0 Å². The van der Waals surface area contributed by atoms with Crippen molar-refractivity contribution in [3.63, 3.8) is 0 Å². The van der Waals surface area contributed by atoms with Gasteiger partial charge in [0, 0.05) is 0 Å². The third-order valence-electron chi connectivity index (χ3n) is 2.94. The molecule has 0 saturated carbocycles. The molecule has 0 saturated heterocycles. The Morgan fingerprint density at radius 2 is 2.00 bits per heavy atom. The van der Waals surface area contributed by atoms with Crippen molar-refractivity contribution in [1.29, 1.82) is 0 Å². The molecule has 0 heterocycles. The molecule has 0 fully saturated rings. The van der Waals surface area contributed by atoms with Gasteiger partial charge in [-0.3, -0.25) is 4.79 Å². The number of benzene rings is 1. The maximum Gasteiger partial charge on any atom is 0.308 e. The smallest absolute Gasteiger partial charge is 0.308 e. The molecule has 0 bridgehead atoms. The Balaban J connectivity index is 2.27. The van der Waals surface area contributed by atoms with E-state index in [9.17, 15) is 4.79 Å². The predicted molar refractivity (Wildman–Crippen MR) is 71.4 cm³/mol. The van der Waals surface area contributed by atoms with Crippen molar-refractivity contribution in [3.8, 4) is 0 Å². The molecule has 0 aromatic heterocycles. The lowest BCUT2D eigenvalue weighted by Crippen LogP contribution is -2.19. The molecule has 0 spiro atoms. The summed E-state index contributed by atoms with van der Waals surface area (Å²) in [5, 5.41) is 9.09. The van der Waals surface area contributed by atoms with E-state index >= 15 is 0 Å². The number of rotatable bonds is 9. The molecule has 18 heavy (non-hydrogen) atoms. The summed E-state index contributed by atoms with van der Waals surface area (Å²) in [7, 11) is 0. The van der Waals surface area contributed by atoms with E-state index in [2.05, 4.69) is 6.92 Å². The molecule has 0 aliphatic heterocycles. The molecule has 1 atom stereocenters. The zero-order chi connectivity index (χ0) is 13.2. The molecule has 0 unspecified atom stereocenters. The van der Waals surface area contributed by atoms with Gasteiger partial charge in [0.2, 0.25) is 0 Å². The third kappa shape index (κ3) is 5.82. The highest BCUT2D eigenvalue weighted by molar-refractivity contribution is 5.70. The Kier molecular flexibility index (Phi) is 7.11. The molecule has 1 N–H and O–H groups in total. The summed E-state index contributed by atoms with van der Waals surface area (Å²) in [5.74, 6) is -1.13. The molecule has 0 radical (unpaired) electrons. The van der Waals surface area contributed by atoms with Crippen molar-refractivity contribution in [1.82, 2.24) is 0 Å². The second kappa shape index (κ2) is 8.70. The Bertz CT molecular complexity index is 335. The zero-order valence-electron chi connectivity index (χ0n) is 11.0. The van der Waals surface area contributed by atoms with Gasteiger partial charge >= 0.3 is 5.97 Å². The normalized spacial score (nSPS) is 12.3. The van der Waals surface area contributed by atoms with Gasteiger partial charge in [-0.1, -0.05) is 56.5 Å². The van der Waals surface area contributed by atoms with E-state index in [4.69, 9.17) is 9.84 Å². The zero-order valence-corrected chi connectivity index (χ0v) is 11.0. The van der Waals surface area contributed by atoms with E-state index in [0.717, 1.165) is 24.8 Å². The maximum absolute atomic E-state index is 11.1. The Hall–Kier alpha value is -1.35. The first-order valence-electron chi connectivity index (χ1n) is 6.58. The molecule has 1 rings (SSSR count). The number of carboxylic acid groups (broad SMARTS) is 1. The van der Waals surface area contributed by atoms with Gasteiger partial charge in [0.1, 0.15) is 0 Å². The average Bonchev–Trinajstić information content (AvgIpc) is 2.38. The van der Waals surface area contributed by atoms with Crippen LogP contribution in [-0.2, 0) is 16.1 Å². The lowest BCUT2D eigenvalue weighted by molar-refractivity contribution is -0.144. The van der Waals surface area contributed by atoms with E-state index in [1.807, 2.05) is 30.3 Å². The number of hydrogen-bond acceptors (Lipinski definition) is 2. The lowest BCUT2D eigenvalue weighted by Gasteiger charge is -2.12. The summed E-state index contributed by atoms with van der Waals surface area (Å²) in [6, 6.07) is 9.82. The Morgan fingerprint density at radius 3 is 2.61 bits per heavy atom. The van der Waals surface area contributed by atoms with Crippen LogP contribution in [0.3, 0.4) is 0 Å². The molecule has 0 amide bonds. The fourth-order valence-electron chi connectivity index (χ4n) is 1.81. The molecule has 1 aromatic rings. The number of unbranched alkanes of at least 4 members (excludes halogenated alkanes) is 2. The molecular formula is C15H22O3. The quantitative estimate of drug-likeness (QED) is 0.682. The first kappa shape index (κ1) is 14.7. The van der Waals surface area contributed by atoms with Gasteiger partial charge in [0.05, 0.1) is 19.1 Å². The molecule has 100 valence electrons. The maximum atomic E-state index is 11.1. The van der Waals surface area contributed by atoms with Gasteiger partial charge in [-0.05, 0) is 12.0 Å². The van der Waals surface area contributed by atoms with Crippen molar-refractivity contribution in [2.75, 3.05) is 6.61 Å². The minimum absolute atomic E-state index is 0.300. The molecule has 3 nitrogen and oxygen atoms in total. The minimum Gasteiger partial charge on any atom is -0.481 e. The van der Waals surface area contributed by atoms with Crippen LogP contribution in [0.2, 0.25) is 0 Å². The number of carboxylic acids is 1. The van der Waals surface area contributed by atoms with E-state index in [1.54, 1.807) is 0 Å². The van der Waals surface area contributed by atoms with Crippen molar-refractivity contribution in [3.05, 3.63) is 35.9 Å². The van der Waals surface area contributed by atoms with Gasteiger partial charge in [-0.2, -0.15) is 0 Å². The average molecular weight is 250 g/mol. The highest BCUT2D eigenvalue weighted by atomic mass is 16.5. The molecule has 1 aromatic carbocycles. The van der Waals surface area contributed by atoms with Gasteiger partial charge in [-0.15, -0.1) is 0 Å². The summed E-state index contributed by atoms with van der Waals surface area (Å²) >= 11 is 0. The van der Waals surface area contributed by atoms with Crippen LogP contribution in [0.5, 0.6) is 0 Å². The number of hydrogen-bond donors (Lipinski definition) is 1. The molecular weight excluding hydrogens is 228 g/mol. The fraction of sp³-hybridized carbons (Fsp3) is 0.533. The van der Waals surface area contributed by atoms with Crippen LogP contribution in [0.4, 0.5) is 0 Å². The van der Waals surface area contributed by atoms with Gasteiger partial charge < -0.3 is 9.84 Å². The highest BCUT2D eigenvalue weighted by Gasteiger charge is 2.16. The van der Waals surface area contributed by atoms with Crippen LogP contribution in [0.15, 0.2) is 30.3 Å². The van der Waals surface area contributed by atoms with Crippen molar-refractivity contribution >= 4 is 5.97 Å². The monoisotopic (exact) mass is 250 g/mol. The highest BCUT2D eigenvalue weighted by Crippen LogP contribution is 2.12. The Morgan fingerprint density at radius 1 is 1.28 bits per heavy atom. The van der Waals surface area contributed by atoms with Crippen LogP contribution >= 0.6 is 0 Å². The van der Waals surface area contributed by atoms with Gasteiger partial charge in [-0.25, -0.2) is 0 Å². The predicted octanol–water partition coefficient (Wildman–Crippen LogP) is 3.48. The number of ether oxygens (including phenoxy) is 1. The van der Waals surface area contributed by atoms with E-state index in [0.29, 0.717) is 19.6 Å². The van der Waals surface area contributed by atoms with Crippen LogP contribution in [0.25, 0.3) is 0 Å². The fourth-order valence-corrected chi connectivity index (χ4v) is 1.81. The van der Waals surface area contributed by atoms with Gasteiger partial charge in [0.25, 0.3) is 0 Å². The molecule has 0 aliphatic carbocycles. The molecule has 3 heteroatoms. The summed E-state index contributed by atoms with van der Waals surface area (Å²) in [6.45, 7) is 2.90. The number of aliphatic carboxylic acids is 1. The van der Waals surface area contributed by atoms with Crippen LogP contribution < -0.4 is 0 Å². The first-order chi connectivity index (χ1) is 8.74. The van der Waals surface area contributed by atoms with Crippen LogP contribution in [-0.4, -0.2) is 17.7 Å². The van der Waals surface area contributed by atoms with Crippen LogP contribution in [0, 0.1) is 5.92 Å². The third-order valence-corrected chi connectivity index (χ3v) is 2.94. The Labute approximate surface area is 109 Å². The van der Waals surface area contributed by atoms with E-state index in [-0.39, 0.29) is 5.92 Å². The first-order valence-corrected chi connectivity index (χ1v) is 6.58. The van der Waals surface area contributed by atoms with Crippen molar-refractivity contribution < 1.29 is 14.6 Å². The second-order valence-corrected chi connectivity index (χ2v) is 4.53. The van der Waals surface area contributed by atoms with Crippen molar-refractivity contribution in [2.45, 2.75) is 39.2 Å². The second-order valence-electron chi connectivity index (χ2n) is 4.53. The minimum atomic E-state index is -0.751. The standard InChI is InChI=1S/C15H22O3/c1-2-3-5-10-14(15(16)17)12-18-11-13-8-6-4-7-9-13/h4,6-9,14H,2-3,5,10-12H2,1H3,(H,16,17)/t14-/m1/s1. The van der Waals surface area contributed by atoms with Crippen LogP contribution in [0.1, 0.15) is 38.2 Å². The lowest BCUT2D eigenvalue weighted by atomic mass is 10.0. The molecule has 0 aliphatic rings.